The molecule has 1 aliphatic rings. The normalized spacial score (nSPS) is 44.4. The van der Waals surface area contributed by atoms with Crippen LogP contribution in [0.2, 0.25) is 0 Å². The molecule has 0 saturated carbocycles. The highest BCUT2D eigenvalue weighted by molar-refractivity contribution is 4.91. The molecule has 0 spiro atoms. The number of hydrogen-bond donors (Lipinski definition) is 3. The molecule has 1 rings (SSSR count). The summed E-state index contributed by atoms with van der Waals surface area (Å²) < 4.78 is 5.43. The smallest absolute Gasteiger partial charge is 0.109 e. The second kappa shape index (κ2) is 4.57. The van der Waals surface area contributed by atoms with Crippen molar-refractivity contribution in [2.24, 2.45) is 11.8 Å². The molecular weight excluding hydrogens is 184 g/mol. The molecule has 0 aromatic carbocycles. The minimum Gasteiger partial charge on any atom is -0.394 e. The largest absolute Gasteiger partial charge is 0.394 e. The van der Waals surface area contributed by atoms with Gasteiger partial charge in [0.05, 0.1) is 18.8 Å². The summed E-state index contributed by atoms with van der Waals surface area (Å²) >= 11 is 0. The van der Waals surface area contributed by atoms with Crippen LogP contribution in [-0.2, 0) is 4.74 Å². The van der Waals surface area contributed by atoms with Gasteiger partial charge in [-0.1, -0.05) is 13.8 Å². The van der Waals surface area contributed by atoms with Crippen molar-refractivity contribution in [2.75, 3.05) is 6.61 Å². The first-order chi connectivity index (χ1) is 6.49. The van der Waals surface area contributed by atoms with Crippen LogP contribution in [0.25, 0.3) is 0 Å². The molecule has 5 atom stereocenters. The summed E-state index contributed by atoms with van der Waals surface area (Å²) in [5, 5.41) is 28.4. The Morgan fingerprint density at radius 2 is 1.79 bits per heavy atom. The van der Waals surface area contributed by atoms with E-state index in [9.17, 15) is 10.2 Å². The summed E-state index contributed by atoms with van der Waals surface area (Å²) in [7, 11) is 0. The highest BCUT2D eigenvalue weighted by atomic mass is 16.5. The summed E-state index contributed by atoms with van der Waals surface area (Å²) in [4.78, 5) is 0. The van der Waals surface area contributed by atoms with Gasteiger partial charge in [0.25, 0.3) is 0 Å². The van der Waals surface area contributed by atoms with Gasteiger partial charge in [-0.05, 0) is 12.8 Å². The lowest BCUT2D eigenvalue weighted by Gasteiger charge is -2.43. The Kier molecular flexibility index (Phi) is 3.89. The van der Waals surface area contributed by atoms with Gasteiger partial charge in [0.2, 0.25) is 0 Å². The Morgan fingerprint density at radius 3 is 2.21 bits per heavy atom. The van der Waals surface area contributed by atoms with Crippen LogP contribution in [0.15, 0.2) is 0 Å². The molecule has 0 aliphatic carbocycles. The standard InChI is InChI=1S/C10H20O4/c1-5(2)8-6(3)14-7(4-11)9(12)10(8)13/h5-13H,4H2,1-3H3. The van der Waals surface area contributed by atoms with Crippen LogP contribution in [0.1, 0.15) is 20.8 Å². The molecule has 84 valence electrons. The average Bonchev–Trinajstić information content (AvgIpc) is 2.10. The summed E-state index contributed by atoms with van der Waals surface area (Å²) in [6, 6.07) is 0. The first kappa shape index (κ1) is 11.9. The van der Waals surface area contributed by atoms with Crippen molar-refractivity contribution in [3.63, 3.8) is 0 Å². The van der Waals surface area contributed by atoms with Crippen molar-refractivity contribution in [1.82, 2.24) is 0 Å². The average molecular weight is 204 g/mol. The van der Waals surface area contributed by atoms with Crippen molar-refractivity contribution in [3.05, 3.63) is 0 Å². The van der Waals surface area contributed by atoms with Crippen LogP contribution in [0.4, 0.5) is 0 Å². The maximum Gasteiger partial charge on any atom is 0.109 e. The Hall–Kier alpha value is -0.160. The maximum absolute atomic E-state index is 9.84. The van der Waals surface area contributed by atoms with Gasteiger partial charge >= 0.3 is 0 Å². The Morgan fingerprint density at radius 1 is 1.21 bits per heavy atom. The van der Waals surface area contributed by atoms with Crippen LogP contribution in [0, 0.1) is 11.8 Å². The zero-order valence-electron chi connectivity index (χ0n) is 8.92. The fourth-order valence-electron chi connectivity index (χ4n) is 2.26. The van der Waals surface area contributed by atoms with E-state index in [1.54, 1.807) is 0 Å². The number of rotatable bonds is 2. The zero-order chi connectivity index (χ0) is 10.9. The SMILES string of the molecule is CC(C)C1C(C)OC(CO)C(O)C1O. The first-order valence-corrected chi connectivity index (χ1v) is 5.11. The minimum absolute atomic E-state index is 0.0761. The van der Waals surface area contributed by atoms with E-state index in [1.165, 1.54) is 0 Å². The highest BCUT2D eigenvalue weighted by Gasteiger charge is 2.43. The summed E-state index contributed by atoms with van der Waals surface area (Å²) in [6.07, 6.45) is -2.58. The molecule has 0 bridgehead atoms. The maximum atomic E-state index is 9.84. The second-order valence-electron chi connectivity index (χ2n) is 4.36. The van der Waals surface area contributed by atoms with Crippen molar-refractivity contribution in [3.8, 4) is 0 Å². The van der Waals surface area contributed by atoms with Crippen molar-refractivity contribution < 1.29 is 20.1 Å². The second-order valence-corrected chi connectivity index (χ2v) is 4.36. The molecule has 14 heavy (non-hydrogen) atoms. The molecule has 0 radical (unpaired) electrons. The van der Waals surface area contributed by atoms with Gasteiger partial charge in [0.1, 0.15) is 12.2 Å². The van der Waals surface area contributed by atoms with E-state index in [0.717, 1.165) is 0 Å². The molecule has 3 N–H and O–H groups in total. The van der Waals surface area contributed by atoms with Gasteiger partial charge in [-0.25, -0.2) is 0 Å². The van der Waals surface area contributed by atoms with Gasteiger partial charge in [-0.2, -0.15) is 0 Å². The molecule has 1 aliphatic heterocycles. The van der Waals surface area contributed by atoms with Crippen molar-refractivity contribution in [1.29, 1.82) is 0 Å². The molecular formula is C10H20O4. The van der Waals surface area contributed by atoms with E-state index in [4.69, 9.17) is 9.84 Å². The van der Waals surface area contributed by atoms with Crippen LogP contribution in [0.3, 0.4) is 0 Å². The molecule has 0 amide bonds. The van der Waals surface area contributed by atoms with E-state index >= 15 is 0 Å². The highest BCUT2D eigenvalue weighted by Crippen LogP contribution is 2.31. The Labute approximate surface area is 84.5 Å². The third kappa shape index (κ3) is 2.08. The minimum atomic E-state index is -0.983. The van der Waals surface area contributed by atoms with Crippen LogP contribution >= 0.6 is 0 Å². The van der Waals surface area contributed by atoms with E-state index in [0.29, 0.717) is 0 Å². The molecule has 0 aromatic heterocycles. The third-order valence-corrected chi connectivity index (χ3v) is 3.01. The lowest BCUT2D eigenvalue weighted by Crippen LogP contribution is -2.56. The number of hydrogen-bond acceptors (Lipinski definition) is 4. The molecule has 5 unspecified atom stereocenters. The lowest BCUT2D eigenvalue weighted by atomic mass is 9.80. The van der Waals surface area contributed by atoms with E-state index in [1.807, 2.05) is 20.8 Å². The number of aliphatic hydroxyl groups is 3. The topological polar surface area (TPSA) is 69.9 Å². The fourth-order valence-corrected chi connectivity index (χ4v) is 2.26. The summed E-state index contributed by atoms with van der Waals surface area (Å²) in [5.74, 6) is 0.169. The van der Waals surface area contributed by atoms with E-state index < -0.39 is 18.3 Å². The Bertz CT molecular complexity index is 183. The van der Waals surface area contributed by atoms with Crippen LogP contribution in [-0.4, -0.2) is 46.3 Å². The molecule has 1 heterocycles. The van der Waals surface area contributed by atoms with Gasteiger partial charge in [0.15, 0.2) is 0 Å². The lowest BCUT2D eigenvalue weighted by molar-refractivity contribution is -0.212. The third-order valence-electron chi connectivity index (χ3n) is 3.01. The quantitative estimate of drug-likeness (QED) is 0.580. The molecule has 1 fully saturated rings. The summed E-state index contributed by atoms with van der Waals surface area (Å²) in [6.45, 7) is 5.58. The predicted molar refractivity (Wildman–Crippen MR) is 51.8 cm³/mol. The zero-order valence-corrected chi connectivity index (χ0v) is 8.92. The van der Waals surface area contributed by atoms with Gasteiger partial charge in [-0.15, -0.1) is 0 Å². The molecule has 4 nitrogen and oxygen atoms in total. The number of aliphatic hydroxyl groups excluding tert-OH is 3. The van der Waals surface area contributed by atoms with Crippen LogP contribution in [0.5, 0.6) is 0 Å². The molecule has 0 aromatic rings. The monoisotopic (exact) mass is 204 g/mol. The summed E-state index contributed by atoms with van der Waals surface area (Å²) in [5.41, 5.74) is 0. The van der Waals surface area contributed by atoms with Gasteiger partial charge < -0.3 is 20.1 Å². The van der Waals surface area contributed by atoms with E-state index in [2.05, 4.69) is 0 Å². The van der Waals surface area contributed by atoms with Gasteiger partial charge in [-0.3, -0.25) is 0 Å². The van der Waals surface area contributed by atoms with Gasteiger partial charge in [0, 0.05) is 5.92 Å². The number of ether oxygens (including phenoxy) is 1. The molecule has 4 heteroatoms. The van der Waals surface area contributed by atoms with Crippen molar-refractivity contribution in [2.45, 2.75) is 45.2 Å². The van der Waals surface area contributed by atoms with E-state index in [-0.39, 0.29) is 24.5 Å². The predicted octanol–water partition coefficient (Wildman–Crippen LogP) is -0.240. The van der Waals surface area contributed by atoms with Crippen LogP contribution < -0.4 is 0 Å². The van der Waals surface area contributed by atoms with Crippen molar-refractivity contribution >= 4 is 0 Å². The molecule has 1 saturated heterocycles. The first-order valence-electron chi connectivity index (χ1n) is 5.11. The Balaban J connectivity index is 2.74. The fraction of sp³-hybridized carbons (Fsp3) is 1.00.